The number of rotatable bonds is 7. The van der Waals surface area contributed by atoms with Crippen LogP contribution < -0.4 is 5.32 Å². The summed E-state index contributed by atoms with van der Waals surface area (Å²) in [6.45, 7) is 0. The first-order valence-electron chi connectivity index (χ1n) is 6.97. The Hall–Kier alpha value is -3.90. The highest BCUT2D eigenvalue weighted by Gasteiger charge is 2.34. The third-order valence-electron chi connectivity index (χ3n) is 3.30. The Bertz CT molecular complexity index is 818. The van der Waals surface area contributed by atoms with E-state index in [0.717, 1.165) is 7.11 Å². The lowest BCUT2D eigenvalue weighted by atomic mass is 10.1. The van der Waals surface area contributed by atoms with E-state index in [9.17, 15) is 29.8 Å². The van der Waals surface area contributed by atoms with E-state index >= 15 is 0 Å². The molecular weight excluding hydrogens is 352 g/mol. The van der Waals surface area contributed by atoms with Gasteiger partial charge in [-0.25, -0.2) is 9.78 Å². The Morgan fingerprint density at radius 3 is 2.27 bits per heavy atom. The predicted octanol–water partition coefficient (Wildman–Crippen LogP) is 0.135. The van der Waals surface area contributed by atoms with Gasteiger partial charge in [-0.2, -0.15) is 0 Å². The first-order valence-corrected chi connectivity index (χ1v) is 6.97. The van der Waals surface area contributed by atoms with Gasteiger partial charge in [-0.3, -0.25) is 30.0 Å². The van der Waals surface area contributed by atoms with Crippen molar-refractivity contribution in [3.8, 4) is 0 Å². The number of hydrogen-bond donors (Lipinski definition) is 2. The maximum Gasteiger partial charge on any atom is 0.328 e. The molecule has 2 aromatic rings. The number of aromatic amines is 1. The SMILES string of the molecule is COC(=O)[C@@H](Cc1cnc[nH]1)NC(=O)c1c([N+](=O)[O-])cncc1[N+](=O)[O-]. The Kier molecular flexibility index (Phi) is 5.52. The number of aromatic nitrogens is 3. The number of carbonyl (C=O) groups excluding carboxylic acids is 2. The number of methoxy groups -OCH3 is 1. The highest BCUT2D eigenvalue weighted by molar-refractivity contribution is 6.03. The molecule has 136 valence electrons. The van der Waals surface area contributed by atoms with Crippen LogP contribution in [0.1, 0.15) is 16.1 Å². The number of amides is 1. The smallest absolute Gasteiger partial charge is 0.328 e. The van der Waals surface area contributed by atoms with Crippen LogP contribution in [-0.2, 0) is 16.0 Å². The first kappa shape index (κ1) is 18.4. The van der Waals surface area contributed by atoms with E-state index in [1.807, 2.05) is 0 Å². The van der Waals surface area contributed by atoms with Crippen LogP contribution in [0.4, 0.5) is 11.4 Å². The van der Waals surface area contributed by atoms with Gasteiger partial charge in [0.15, 0.2) is 5.56 Å². The van der Waals surface area contributed by atoms with Crippen LogP contribution in [0.25, 0.3) is 0 Å². The lowest BCUT2D eigenvalue weighted by Crippen LogP contribution is -2.43. The average molecular weight is 364 g/mol. The maximum absolute atomic E-state index is 12.5. The molecule has 0 radical (unpaired) electrons. The molecule has 0 saturated heterocycles. The van der Waals surface area contributed by atoms with Gasteiger partial charge in [-0.1, -0.05) is 0 Å². The van der Waals surface area contributed by atoms with Gasteiger partial charge in [0.05, 0.1) is 23.3 Å². The lowest BCUT2D eigenvalue weighted by molar-refractivity contribution is -0.395. The fourth-order valence-electron chi connectivity index (χ4n) is 2.13. The number of esters is 1. The van der Waals surface area contributed by atoms with Crippen LogP contribution in [0.3, 0.4) is 0 Å². The Morgan fingerprint density at radius 1 is 1.19 bits per heavy atom. The highest BCUT2D eigenvalue weighted by Crippen LogP contribution is 2.26. The number of nitro groups is 2. The first-order chi connectivity index (χ1) is 12.3. The van der Waals surface area contributed by atoms with Gasteiger partial charge in [0, 0.05) is 18.3 Å². The van der Waals surface area contributed by atoms with Gasteiger partial charge in [0.1, 0.15) is 18.4 Å². The zero-order chi connectivity index (χ0) is 19.3. The van der Waals surface area contributed by atoms with Gasteiger partial charge in [-0.15, -0.1) is 0 Å². The molecule has 2 heterocycles. The fourth-order valence-corrected chi connectivity index (χ4v) is 2.13. The van der Waals surface area contributed by atoms with Gasteiger partial charge < -0.3 is 15.0 Å². The van der Waals surface area contributed by atoms with E-state index < -0.39 is 44.7 Å². The van der Waals surface area contributed by atoms with Crippen LogP contribution in [0.15, 0.2) is 24.9 Å². The van der Waals surface area contributed by atoms with Gasteiger partial charge in [0.25, 0.3) is 5.91 Å². The largest absolute Gasteiger partial charge is 0.467 e. The molecule has 0 saturated carbocycles. The summed E-state index contributed by atoms with van der Waals surface area (Å²) in [6.07, 6.45) is 4.11. The molecular formula is C13H12N6O7. The monoisotopic (exact) mass is 364 g/mol. The van der Waals surface area contributed by atoms with Crippen LogP contribution in [0, 0.1) is 20.2 Å². The van der Waals surface area contributed by atoms with Gasteiger partial charge in [-0.05, 0) is 0 Å². The average Bonchev–Trinajstić information content (AvgIpc) is 3.12. The second kappa shape index (κ2) is 7.78. The van der Waals surface area contributed by atoms with Crippen molar-refractivity contribution >= 4 is 23.3 Å². The molecule has 13 nitrogen and oxygen atoms in total. The van der Waals surface area contributed by atoms with Crippen molar-refractivity contribution in [3.05, 3.63) is 56.4 Å². The number of imidazole rings is 1. The molecule has 1 amide bonds. The number of carbonyl (C=O) groups is 2. The molecule has 0 bridgehead atoms. The number of hydrogen-bond acceptors (Lipinski definition) is 9. The van der Waals surface area contributed by atoms with Crippen LogP contribution in [-0.4, -0.2) is 49.8 Å². The number of nitrogens with zero attached hydrogens (tertiary/aromatic N) is 4. The molecule has 13 heteroatoms. The second-order valence-corrected chi connectivity index (χ2v) is 4.90. The van der Waals surface area contributed by atoms with E-state index in [1.165, 1.54) is 12.5 Å². The molecule has 0 spiro atoms. The summed E-state index contributed by atoms with van der Waals surface area (Å²) in [7, 11) is 1.09. The molecule has 2 aromatic heterocycles. The standard InChI is InChI=1S/C13H12N6O7/c1-26-13(21)8(2-7-3-15-6-16-7)17-12(20)11-9(18(22)23)4-14-5-10(11)19(24)25/h3-6,8H,2H2,1H3,(H,15,16)(H,17,20)/t8-/m1/s1. The Balaban J connectivity index is 2.38. The summed E-state index contributed by atoms with van der Waals surface area (Å²) in [4.78, 5) is 54.5. The van der Waals surface area contributed by atoms with E-state index in [1.54, 1.807) is 0 Å². The van der Waals surface area contributed by atoms with Crippen LogP contribution >= 0.6 is 0 Å². The van der Waals surface area contributed by atoms with E-state index in [-0.39, 0.29) is 6.42 Å². The minimum absolute atomic E-state index is 0.0644. The van der Waals surface area contributed by atoms with Gasteiger partial charge >= 0.3 is 17.3 Å². The summed E-state index contributed by atoms with van der Waals surface area (Å²) in [5.41, 5.74) is -2.06. The van der Waals surface area contributed by atoms with Crippen molar-refractivity contribution < 1.29 is 24.2 Å². The molecule has 26 heavy (non-hydrogen) atoms. The second-order valence-electron chi connectivity index (χ2n) is 4.90. The van der Waals surface area contributed by atoms with E-state index in [0.29, 0.717) is 18.1 Å². The summed E-state index contributed by atoms with van der Waals surface area (Å²) in [6, 6.07) is -1.25. The fraction of sp³-hybridized carbons (Fsp3) is 0.231. The molecule has 0 aliphatic rings. The summed E-state index contributed by atoms with van der Waals surface area (Å²) in [5.74, 6) is -2.02. The normalized spacial score (nSPS) is 11.4. The van der Waals surface area contributed by atoms with Crippen molar-refractivity contribution in [2.24, 2.45) is 0 Å². The Morgan fingerprint density at radius 2 is 1.81 bits per heavy atom. The number of ether oxygens (including phenoxy) is 1. The zero-order valence-electron chi connectivity index (χ0n) is 13.2. The van der Waals surface area contributed by atoms with E-state index in [4.69, 9.17) is 0 Å². The zero-order valence-corrected chi connectivity index (χ0v) is 13.2. The number of H-pyrrole nitrogens is 1. The number of pyridine rings is 1. The topological polar surface area (TPSA) is 183 Å². The summed E-state index contributed by atoms with van der Waals surface area (Å²) in [5, 5.41) is 24.4. The molecule has 1 atom stereocenters. The maximum atomic E-state index is 12.5. The van der Waals surface area contributed by atoms with E-state index in [2.05, 4.69) is 25.0 Å². The minimum Gasteiger partial charge on any atom is -0.467 e. The molecule has 0 aliphatic carbocycles. The van der Waals surface area contributed by atoms with Crippen molar-refractivity contribution in [2.45, 2.75) is 12.5 Å². The molecule has 2 N–H and O–H groups in total. The van der Waals surface area contributed by atoms with Crippen molar-refractivity contribution in [1.82, 2.24) is 20.3 Å². The Labute approximate surface area is 144 Å². The summed E-state index contributed by atoms with van der Waals surface area (Å²) < 4.78 is 4.59. The van der Waals surface area contributed by atoms with Crippen molar-refractivity contribution in [3.63, 3.8) is 0 Å². The van der Waals surface area contributed by atoms with Crippen LogP contribution in [0.2, 0.25) is 0 Å². The quantitative estimate of drug-likeness (QED) is 0.391. The van der Waals surface area contributed by atoms with Crippen molar-refractivity contribution in [1.29, 1.82) is 0 Å². The van der Waals surface area contributed by atoms with Gasteiger partial charge in [0.2, 0.25) is 0 Å². The third-order valence-corrected chi connectivity index (χ3v) is 3.30. The molecule has 0 aromatic carbocycles. The van der Waals surface area contributed by atoms with Crippen LogP contribution in [0.5, 0.6) is 0 Å². The highest BCUT2D eigenvalue weighted by atomic mass is 16.6. The summed E-state index contributed by atoms with van der Waals surface area (Å²) >= 11 is 0. The molecule has 0 fully saturated rings. The molecule has 0 unspecified atom stereocenters. The minimum atomic E-state index is -1.25. The third kappa shape index (κ3) is 3.95. The number of nitrogens with one attached hydrogen (secondary N) is 2. The lowest BCUT2D eigenvalue weighted by Gasteiger charge is -2.15. The van der Waals surface area contributed by atoms with Crippen molar-refractivity contribution in [2.75, 3.05) is 7.11 Å². The predicted molar refractivity (Wildman–Crippen MR) is 83.1 cm³/mol. The molecule has 2 rings (SSSR count). The molecule has 0 aliphatic heterocycles.